The van der Waals surface area contributed by atoms with E-state index in [1.807, 2.05) is 19.0 Å². The number of hydrogen-bond donors (Lipinski definition) is 0. The third-order valence-electron chi connectivity index (χ3n) is 5.22. The van der Waals surface area contributed by atoms with E-state index in [-0.39, 0.29) is 30.0 Å². The van der Waals surface area contributed by atoms with Gasteiger partial charge in [0.1, 0.15) is 0 Å². The largest absolute Gasteiger partial charge is 0.335 e. The fourth-order valence-corrected chi connectivity index (χ4v) is 4.59. The molecule has 1 aromatic carbocycles. The molecule has 0 spiro atoms. The Labute approximate surface area is 133 Å². The molecule has 4 rings (SSSR count). The molecule has 4 atom stereocenters. The molecule has 3 aliphatic rings. The Hall–Kier alpha value is -0.910. The van der Waals surface area contributed by atoms with Crippen molar-refractivity contribution in [1.29, 1.82) is 0 Å². The molecule has 5 heteroatoms. The normalized spacial score (nSPS) is 35.4. The van der Waals surface area contributed by atoms with Gasteiger partial charge in [-0.05, 0) is 43.0 Å². The quantitative estimate of drug-likeness (QED) is 0.720. The number of carbonyl (C=O) groups excluding carboxylic acids is 1. The lowest BCUT2D eigenvalue weighted by molar-refractivity contribution is -0.145. The molecule has 112 valence electrons. The van der Waals surface area contributed by atoms with Crippen molar-refractivity contribution in [3.05, 3.63) is 33.8 Å². The number of piperidine rings is 1. The molecule has 21 heavy (non-hydrogen) atoms. The first-order valence-electron chi connectivity index (χ1n) is 7.54. The topological polar surface area (TPSA) is 32.8 Å². The molecule has 0 saturated carbocycles. The minimum absolute atomic E-state index is 0.0139. The van der Waals surface area contributed by atoms with Crippen LogP contribution < -0.4 is 0 Å². The number of carbonyl (C=O) groups is 1. The average molecular weight is 351 g/mol. The summed E-state index contributed by atoms with van der Waals surface area (Å²) >= 11 is 3.56. The maximum atomic E-state index is 12.9. The van der Waals surface area contributed by atoms with Crippen molar-refractivity contribution in [2.24, 2.45) is 5.92 Å². The van der Waals surface area contributed by atoms with Crippen LogP contribution in [0.2, 0.25) is 0 Å². The van der Waals surface area contributed by atoms with E-state index in [1.165, 1.54) is 11.1 Å². The van der Waals surface area contributed by atoms with Crippen LogP contribution in [0, 0.1) is 5.92 Å². The van der Waals surface area contributed by atoms with Gasteiger partial charge in [-0.3, -0.25) is 9.63 Å². The maximum absolute atomic E-state index is 12.9. The van der Waals surface area contributed by atoms with E-state index in [9.17, 15) is 4.79 Å². The van der Waals surface area contributed by atoms with Gasteiger partial charge in [0.2, 0.25) is 5.91 Å². The second-order valence-corrected chi connectivity index (χ2v) is 7.24. The molecule has 3 aliphatic heterocycles. The van der Waals surface area contributed by atoms with E-state index < -0.39 is 0 Å². The molecule has 0 bridgehead atoms. The third-order valence-corrected chi connectivity index (χ3v) is 5.71. The molecule has 3 heterocycles. The zero-order valence-corrected chi connectivity index (χ0v) is 13.8. The monoisotopic (exact) mass is 350 g/mol. The summed E-state index contributed by atoms with van der Waals surface area (Å²) in [4.78, 5) is 20.8. The summed E-state index contributed by atoms with van der Waals surface area (Å²) in [7, 11) is 1.95. The summed E-state index contributed by atoms with van der Waals surface area (Å²) in [5.74, 6) is 0.249. The number of hydroxylamine groups is 2. The summed E-state index contributed by atoms with van der Waals surface area (Å²) in [5, 5.41) is 1.90. The highest BCUT2D eigenvalue weighted by molar-refractivity contribution is 9.10. The van der Waals surface area contributed by atoms with Crippen LogP contribution in [0.15, 0.2) is 22.7 Å². The molecule has 1 amide bonds. The fraction of sp³-hybridized carbons (Fsp3) is 0.562. The van der Waals surface area contributed by atoms with Crippen molar-refractivity contribution in [3.8, 4) is 0 Å². The highest BCUT2D eigenvalue weighted by Gasteiger charge is 2.52. The van der Waals surface area contributed by atoms with E-state index in [1.54, 1.807) is 0 Å². The van der Waals surface area contributed by atoms with Crippen LogP contribution in [-0.2, 0) is 16.1 Å². The van der Waals surface area contributed by atoms with Crippen molar-refractivity contribution in [3.63, 3.8) is 0 Å². The predicted molar refractivity (Wildman–Crippen MR) is 82.5 cm³/mol. The van der Waals surface area contributed by atoms with Gasteiger partial charge in [-0.2, -0.15) is 5.06 Å². The second kappa shape index (κ2) is 4.80. The van der Waals surface area contributed by atoms with E-state index in [4.69, 9.17) is 4.84 Å². The summed E-state index contributed by atoms with van der Waals surface area (Å²) in [6, 6.07) is 6.84. The van der Waals surface area contributed by atoms with Crippen molar-refractivity contribution < 1.29 is 9.63 Å². The Morgan fingerprint density at radius 3 is 3.00 bits per heavy atom. The fourth-order valence-electron chi connectivity index (χ4n) is 4.21. The number of halogens is 1. The molecule has 2 fully saturated rings. The number of benzene rings is 1. The lowest BCUT2D eigenvalue weighted by Gasteiger charge is -2.45. The summed E-state index contributed by atoms with van der Waals surface area (Å²) < 4.78 is 1.09. The number of amides is 1. The van der Waals surface area contributed by atoms with Crippen LogP contribution in [0.1, 0.15) is 30.5 Å². The molecular weight excluding hydrogens is 332 g/mol. The average Bonchev–Trinajstić information content (AvgIpc) is 2.74. The highest BCUT2D eigenvalue weighted by Crippen LogP contribution is 2.44. The van der Waals surface area contributed by atoms with Gasteiger partial charge in [0, 0.05) is 18.1 Å². The molecular formula is C16H19BrN2O2. The van der Waals surface area contributed by atoms with Crippen molar-refractivity contribution >= 4 is 21.8 Å². The smallest absolute Gasteiger partial charge is 0.230 e. The summed E-state index contributed by atoms with van der Waals surface area (Å²) in [5.41, 5.74) is 2.68. The van der Waals surface area contributed by atoms with Gasteiger partial charge in [0.15, 0.2) is 0 Å². The molecule has 0 aromatic heterocycles. The van der Waals surface area contributed by atoms with Crippen molar-refractivity contribution in [2.75, 3.05) is 13.6 Å². The molecule has 1 aromatic rings. The van der Waals surface area contributed by atoms with E-state index in [2.05, 4.69) is 39.0 Å². The standard InChI is InChI=1S/C16H19BrN2O2/c1-9-15-14(18(2)21-9)8-13-12-7-11(17)4-3-10(12)5-6-19(13)16(15)20/h3-4,7,9,13-15H,5-6,8H2,1-2H3/t9-,13-,14-,15?/m0/s1. The second-order valence-electron chi connectivity index (χ2n) is 6.33. The third kappa shape index (κ3) is 1.98. The zero-order valence-electron chi connectivity index (χ0n) is 12.3. The highest BCUT2D eigenvalue weighted by atomic mass is 79.9. The van der Waals surface area contributed by atoms with Gasteiger partial charge in [-0.15, -0.1) is 0 Å². The molecule has 4 nitrogen and oxygen atoms in total. The van der Waals surface area contributed by atoms with Crippen molar-refractivity contribution in [2.45, 2.75) is 38.0 Å². The van der Waals surface area contributed by atoms with Crippen LogP contribution in [0.3, 0.4) is 0 Å². The molecule has 2 saturated heterocycles. The van der Waals surface area contributed by atoms with Gasteiger partial charge in [-0.25, -0.2) is 0 Å². The minimum atomic E-state index is -0.0163. The van der Waals surface area contributed by atoms with Crippen LogP contribution in [0.5, 0.6) is 0 Å². The first kappa shape index (κ1) is 13.7. The molecule has 0 aliphatic carbocycles. The molecule has 0 N–H and O–H groups in total. The van der Waals surface area contributed by atoms with Gasteiger partial charge < -0.3 is 4.90 Å². The first-order valence-corrected chi connectivity index (χ1v) is 8.34. The van der Waals surface area contributed by atoms with E-state index in [0.29, 0.717) is 0 Å². The Bertz CT molecular complexity index is 606. The van der Waals surface area contributed by atoms with Gasteiger partial charge in [0.05, 0.1) is 24.1 Å². The van der Waals surface area contributed by atoms with E-state index in [0.717, 1.165) is 23.9 Å². The van der Waals surface area contributed by atoms with Gasteiger partial charge in [-0.1, -0.05) is 22.0 Å². The van der Waals surface area contributed by atoms with Gasteiger partial charge >= 0.3 is 0 Å². The van der Waals surface area contributed by atoms with Crippen LogP contribution in [0.25, 0.3) is 0 Å². The number of hydrogen-bond acceptors (Lipinski definition) is 3. The van der Waals surface area contributed by atoms with Gasteiger partial charge in [0.25, 0.3) is 0 Å². The Balaban J connectivity index is 1.75. The molecule has 1 unspecified atom stereocenters. The Morgan fingerprint density at radius 2 is 2.19 bits per heavy atom. The number of nitrogens with zero attached hydrogens (tertiary/aromatic N) is 2. The lowest BCUT2D eigenvalue weighted by atomic mass is 9.79. The maximum Gasteiger partial charge on any atom is 0.230 e. The predicted octanol–water partition coefficient (Wildman–Crippen LogP) is 2.53. The molecule has 0 radical (unpaired) electrons. The summed E-state index contributed by atoms with van der Waals surface area (Å²) in [6.07, 6.45) is 1.89. The Morgan fingerprint density at radius 1 is 1.38 bits per heavy atom. The van der Waals surface area contributed by atoms with Crippen LogP contribution >= 0.6 is 15.9 Å². The number of rotatable bonds is 0. The Kier molecular flexibility index (Phi) is 3.14. The van der Waals surface area contributed by atoms with Crippen molar-refractivity contribution in [1.82, 2.24) is 9.96 Å². The van der Waals surface area contributed by atoms with E-state index >= 15 is 0 Å². The van der Waals surface area contributed by atoms with Crippen LogP contribution in [-0.4, -0.2) is 41.6 Å². The SMILES string of the molecule is C[C@@H]1ON(C)[C@H]2C[C@H]3c4cc(Br)ccc4CCN3C(=O)C12. The lowest BCUT2D eigenvalue weighted by Crippen LogP contribution is -2.54. The first-order chi connectivity index (χ1) is 10.1. The summed E-state index contributed by atoms with van der Waals surface area (Å²) in [6.45, 7) is 2.84. The zero-order chi connectivity index (χ0) is 14.7. The minimum Gasteiger partial charge on any atom is -0.335 e. The van der Waals surface area contributed by atoms with Crippen LogP contribution in [0.4, 0.5) is 0 Å². The number of fused-ring (bicyclic) bond motifs is 4.